The van der Waals surface area contributed by atoms with Gasteiger partial charge < -0.3 is 15.0 Å². The third-order valence-corrected chi connectivity index (χ3v) is 4.61. The molecule has 1 saturated heterocycles. The molecule has 1 aliphatic heterocycles. The Labute approximate surface area is 128 Å². The van der Waals surface area contributed by atoms with Gasteiger partial charge in [-0.15, -0.1) is 23.4 Å². The number of carbonyl (C=O) groups is 1. The van der Waals surface area contributed by atoms with E-state index in [4.69, 9.17) is 16.3 Å². The smallest absolute Gasteiger partial charge is 0.318 e. The average Bonchev–Trinajstić information content (AvgIpc) is 2.97. The van der Waals surface area contributed by atoms with Crippen LogP contribution in [0.1, 0.15) is 17.4 Å². The molecule has 4 nitrogen and oxygen atoms in total. The topological polar surface area (TPSA) is 41.6 Å². The van der Waals surface area contributed by atoms with Gasteiger partial charge in [0.2, 0.25) is 0 Å². The molecule has 110 valence electrons. The molecule has 0 aliphatic carbocycles. The monoisotopic (exact) mass is 314 g/mol. The van der Waals surface area contributed by atoms with E-state index in [-0.39, 0.29) is 11.4 Å². The van der Waals surface area contributed by atoms with Crippen LogP contribution in [-0.2, 0) is 0 Å². The Hall–Kier alpha value is -1.07. The summed E-state index contributed by atoms with van der Waals surface area (Å²) in [4.78, 5) is 13.7. The molecular weight excluding hydrogens is 296 g/mol. The first kappa shape index (κ1) is 15.3. The Kier molecular flexibility index (Phi) is 5.86. The highest BCUT2D eigenvalue weighted by molar-refractivity contribution is 7.99. The summed E-state index contributed by atoms with van der Waals surface area (Å²) in [6.07, 6.45) is 0.840. The number of amides is 2. The minimum absolute atomic E-state index is 0.0255. The zero-order valence-electron chi connectivity index (χ0n) is 11.5. The van der Waals surface area contributed by atoms with E-state index < -0.39 is 0 Å². The van der Waals surface area contributed by atoms with E-state index in [2.05, 4.69) is 5.32 Å². The predicted molar refractivity (Wildman–Crippen MR) is 83.6 cm³/mol. The standard InChI is InChI=1S/C14H19ClN2O2S/c1-16-14(18)17-8-10-20-13(17)11-3-5-12(6-4-11)19-9-2-7-15/h3-6,13H,2,7-10H2,1H3,(H,16,18). The van der Waals surface area contributed by atoms with Gasteiger partial charge in [0.1, 0.15) is 11.1 Å². The van der Waals surface area contributed by atoms with Crippen LogP contribution in [0, 0.1) is 0 Å². The Morgan fingerprint density at radius 3 is 2.90 bits per heavy atom. The summed E-state index contributed by atoms with van der Waals surface area (Å²) in [7, 11) is 1.66. The van der Waals surface area contributed by atoms with E-state index in [0.29, 0.717) is 12.5 Å². The van der Waals surface area contributed by atoms with E-state index in [1.54, 1.807) is 18.8 Å². The fourth-order valence-electron chi connectivity index (χ4n) is 2.07. The second kappa shape index (κ2) is 7.64. The molecule has 6 heteroatoms. The Balaban J connectivity index is 2.00. The van der Waals surface area contributed by atoms with E-state index in [0.717, 1.165) is 30.0 Å². The van der Waals surface area contributed by atoms with Crippen LogP contribution in [0.2, 0.25) is 0 Å². The van der Waals surface area contributed by atoms with Gasteiger partial charge in [0, 0.05) is 25.2 Å². The third kappa shape index (κ3) is 3.73. The Bertz CT molecular complexity index is 441. The van der Waals surface area contributed by atoms with Gasteiger partial charge in [-0.1, -0.05) is 12.1 Å². The van der Waals surface area contributed by atoms with E-state index >= 15 is 0 Å². The van der Waals surface area contributed by atoms with Crippen molar-refractivity contribution in [3.63, 3.8) is 0 Å². The molecule has 1 aromatic rings. The predicted octanol–water partition coefficient (Wildman–Crippen LogP) is 3.08. The van der Waals surface area contributed by atoms with Crippen molar-refractivity contribution in [3.05, 3.63) is 29.8 Å². The van der Waals surface area contributed by atoms with Crippen LogP contribution in [0.15, 0.2) is 24.3 Å². The second-order valence-corrected chi connectivity index (χ2v) is 6.00. The van der Waals surface area contributed by atoms with Gasteiger partial charge in [-0.2, -0.15) is 0 Å². The summed E-state index contributed by atoms with van der Waals surface area (Å²) >= 11 is 7.39. The number of carbonyl (C=O) groups excluding carboxylic acids is 1. The molecule has 1 heterocycles. The van der Waals surface area contributed by atoms with Gasteiger partial charge in [0.15, 0.2) is 0 Å². The molecule has 1 aromatic carbocycles. The van der Waals surface area contributed by atoms with Crippen molar-refractivity contribution in [1.29, 1.82) is 0 Å². The molecule has 1 aliphatic rings. The molecule has 0 radical (unpaired) electrons. The van der Waals surface area contributed by atoms with Gasteiger partial charge in [-0.25, -0.2) is 4.79 Å². The Morgan fingerprint density at radius 1 is 1.50 bits per heavy atom. The lowest BCUT2D eigenvalue weighted by Gasteiger charge is -2.23. The zero-order valence-corrected chi connectivity index (χ0v) is 13.0. The van der Waals surface area contributed by atoms with Crippen LogP contribution < -0.4 is 10.1 Å². The van der Waals surface area contributed by atoms with Gasteiger partial charge in [-0.05, 0) is 24.1 Å². The van der Waals surface area contributed by atoms with E-state index in [9.17, 15) is 4.79 Å². The van der Waals surface area contributed by atoms with Gasteiger partial charge in [-0.3, -0.25) is 0 Å². The quantitative estimate of drug-likeness (QED) is 0.671. The van der Waals surface area contributed by atoms with E-state index in [1.165, 1.54) is 0 Å². The van der Waals surface area contributed by atoms with Crippen molar-refractivity contribution in [1.82, 2.24) is 10.2 Å². The number of nitrogens with one attached hydrogen (secondary N) is 1. The van der Waals surface area contributed by atoms with Crippen molar-refractivity contribution in [2.45, 2.75) is 11.8 Å². The van der Waals surface area contributed by atoms with Gasteiger partial charge >= 0.3 is 6.03 Å². The lowest BCUT2D eigenvalue weighted by Crippen LogP contribution is -2.37. The molecule has 20 heavy (non-hydrogen) atoms. The maximum Gasteiger partial charge on any atom is 0.318 e. The number of nitrogens with zero attached hydrogens (tertiary/aromatic N) is 1. The van der Waals surface area contributed by atoms with Crippen molar-refractivity contribution in [3.8, 4) is 5.75 Å². The molecule has 2 rings (SSSR count). The second-order valence-electron chi connectivity index (χ2n) is 4.43. The van der Waals surface area contributed by atoms with Crippen LogP contribution in [0.25, 0.3) is 0 Å². The lowest BCUT2D eigenvalue weighted by molar-refractivity contribution is 0.202. The molecule has 1 fully saturated rings. The van der Waals surface area contributed by atoms with Gasteiger partial charge in [0.25, 0.3) is 0 Å². The highest BCUT2D eigenvalue weighted by Crippen LogP contribution is 2.38. The largest absolute Gasteiger partial charge is 0.494 e. The molecule has 1 atom stereocenters. The summed E-state index contributed by atoms with van der Waals surface area (Å²) in [5.74, 6) is 2.41. The molecular formula is C14H19ClN2O2S. The number of thioether (sulfide) groups is 1. The third-order valence-electron chi connectivity index (χ3n) is 3.08. The van der Waals surface area contributed by atoms with Crippen LogP contribution in [0.5, 0.6) is 5.75 Å². The highest BCUT2D eigenvalue weighted by Gasteiger charge is 2.29. The van der Waals surface area contributed by atoms with Crippen molar-refractivity contribution in [2.75, 3.05) is 31.8 Å². The number of hydrogen-bond donors (Lipinski definition) is 1. The van der Waals surface area contributed by atoms with Crippen molar-refractivity contribution < 1.29 is 9.53 Å². The first-order chi connectivity index (χ1) is 9.76. The molecule has 1 N–H and O–H groups in total. The van der Waals surface area contributed by atoms with Crippen molar-refractivity contribution in [2.24, 2.45) is 0 Å². The zero-order chi connectivity index (χ0) is 14.4. The molecule has 1 unspecified atom stereocenters. The molecule has 0 bridgehead atoms. The van der Waals surface area contributed by atoms with Crippen LogP contribution in [0.3, 0.4) is 0 Å². The fourth-order valence-corrected chi connectivity index (χ4v) is 3.44. The van der Waals surface area contributed by atoms with Gasteiger partial charge in [0.05, 0.1) is 6.61 Å². The fraction of sp³-hybridized carbons (Fsp3) is 0.500. The van der Waals surface area contributed by atoms with Crippen LogP contribution in [0.4, 0.5) is 4.79 Å². The normalized spacial score (nSPS) is 18.1. The SMILES string of the molecule is CNC(=O)N1CCSC1c1ccc(OCCCCl)cc1. The summed E-state index contributed by atoms with van der Waals surface area (Å²) < 4.78 is 5.58. The van der Waals surface area contributed by atoms with Crippen LogP contribution >= 0.6 is 23.4 Å². The number of halogens is 1. The van der Waals surface area contributed by atoms with Crippen LogP contribution in [-0.4, -0.2) is 42.8 Å². The lowest BCUT2D eigenvalue weighted by atomic mass is 10.2. The Morgan fingerprint density at radius 2 is 2.25 bits per heavy atom. The minimum atomic E-state index is -0.0255. The number of alkyl halides is 1. The molecule has 0 spiro atoms. The number of rotatable bonds is 5. The van der Waals surface area contributed by atoms with Crippen molar-refractivity contribution >= 4 is 29.4 Å². The molecule has 2 amide bonds. The maximum atomic E-state index is 11.8. The summed E-state index contributed by atoms with van der Waals surface area (Å²) in [5, 5.41) is 2.78. The first-order valence-electron chi connectivity index (χ1n) is 6.65. The number of benzene rings is 1. The average molecular weight is 315 g/mol. The molecule has 0 aromatic heterocycles. The number of hydrogen-bond acceptors (Lipinski definition) is 3. The van der Waals surface area contributed by atoms with E-state index in [1.807, 2.05) is 29.2 Å². The first-order valence-corrected chi connectivity index (χ1v) is 8.23. The summed E-state index contributed by atoms with van der Waals surface area (Å²) in [6.45, 7) is 1.41. The summed E-state index contributed by atoms with van der Waals surface area (Å²) in [5.41, 5.74) is 1.13. The number of urea groups is 1. The number of ether oxygens (including phenoxy) is 1. The molecule has 0 saturated carbocycles. The maximum absolute atomic E-state index is 11.8. The highest BCUT2D eigenvalue weighted by atomic mass is 35.5. The summed E-state index contributed by atoms with van der Waals surface area (Å²) in [6, 6.07) is 7.92. The minimum Gasteiger partial charge on any atom is -0.494 e.